The molecule has 1 saturated heterocycles. The van der Waals surface area contributed by atoms with Crippen LogP contribution in [0.1, 0.15) is 34.5 Å². The van der Waals surface area contributed by atoms with Gasteiger partial charge >= 0.3 is 0 Å². The van der Waals surface area contributed by atoms with Gasteiger partial charge in [0.2, 0.25) is 5.95 Å². The number of amides is 1. The molecule has 1 aromatic carbocycles. The minimum absolute atomic E-state index is 0.196. The Labute approximate surface area is 141 Å². The fourth-order valence-electron chi connectivity index (χ4n) is 2.60. The number of rotatable bonds is 5. The molecule has 2 heterocycles. The third-order valence-corrected chi connectivity index (χ3v) is 4.16. The van der Waals surface area contributed by atoms with E-state index in [1.165, 1.54) is 5.56 Å². The van der Waals surface area contributed by atoms with Crippen molar-refractivity contribution in [3.05, 3.63) is 47.3 Å². The minimum atomic E-state index is -0.249. The van der Waals surface area contributed by atoms with Crippen LogP contribution in [-0.4, -0.2) is 35.1 Å². The van der Waals surface area contributed by atoms with Crippen molar-refractivity contribution in [1.29, 1.82) is 0 Å². The lowest BCUT2D eigenvalue weighted by molar-refractivity contribution is 0.102. The molecule has 0 spiro atoms. The van der Waals surface area contributed by atoms with Gasteiger partial charge in [0.05, 0.1) is 6.10 Å². The van der Waals surface area contributed by atoms with Crippen LogP contribution in [0.25, 0.3) is 0 Å². The molecule has 1 aliphatic rings. The molecular formula is C18H22N4O2. The SMILES string of the molecule is Cc1ccc(NC(=O)c2ccnc(NCC3CCCO3)n2)cc1C. The fraction of sp³-hybridized carbons (Fsp3) is 0.389. The summed E-state index contributed by atoms with van der Waals surface area (Å²) < 4.78 is 5.55. The van der Waals surface area contributed by atoms with E-state index in [1.54, 1.807) is 12.3 Å². The molecule has 6 nitrogen and oxygen atoms in total. The number of aryl methyl sites for hydroxylation is 2. The highest BCUT2D eigenvalue weighted by Crippen LogP contribution is 2.15. The van der Waals surface area contributed by atoms with E-state index in [1.807, 2.05) is 32.0 Å². The van der Waals surface area contributed by atoms with E-state index >= 15 is 0 Å². The number of benzene rings is 1. The highest BCUT2D eigenvalue weighted by atomic mass is 16.5. The average Bonchev–Trinajstić information content (AvgIpc) is 3.10. The summed E-state index contributed by atoms with van der Waals surface area (Å²) in [5.41, 5.74) is 3.42. The molecule has 0 bridgehead atoms. The lowest BCUT2D eigenvalue weighted by Crippen LogP contribution is -2.21. The first-order valence-electron chi connectivity index (χ1n) is 8.19. The number of hydrogen-bond donors (Lipinski definition) is 2. The molecule has 1 unspecified atom stereocenters. The van der Waals surface area contributed by atoms with Crippen LogP contribution < -0.4 is 10.6 Å². The van der Waals surface area contributed by atoms with Gasteiger partial charge in [-0.05, 0) is 56.0 Å². The van der Waals surface area contributed by atoms with Crippen molar-refractivity contribution in [2.75, 3.05) is 23.8 Å². The Balaban J connectivity index is 1.63. The average molecular weight is 326 g/mol. The van der Waals surface area contributed by atoms with E-state index in [4.69, 9.17) is 4.74 Å². The second kappa shape index (κ2) is 7.40. The van der Waals surface area contributed by atoms with E-state index < -0.39 is 0 Å². The molecule has 0 radical (unpaired) electrons. The van der Waals surface area contributed by atoms with Crippen LogP contribution in [0.5, 0.6) is 0 Å². The topological polar surface area (TPSA) is 76.1 Å². The number of anilines is 2. The molecule has 1 atom stereocenters. The molecule has 1 aromatic heterocycles. The molecule has 3 rings (SSSR count). The van der Waals surface area contributed by atoms with Crippen molar-refractivity contribution in [2.45, 2.75) is 32.8 Å². The Bertz CT molecular complexity index is 727. The van der Waals surface area contributed by atoms with Crippen LogP contribution in [0.4, 0.5) is 11.6 Å². The maximum absolute atomic E-state index is 12.4. The monoisotopic (exact) mass is 326 g/mol. The number of ether oxygens (including phenoxy) is 1. The van der Waals surface area contributed by atoms with Gasteiger partial charge in [-0.15, -0.1) is 0 Å². The van der Waals surface area contributed by atoms with Gasteiger partial charge in [-0.3, -0.25) is 4.79 Å². The van der Waals surface area contributed by atoms with E-state index in [2.05, 4.69) is 20.6 Å². The zero-order chi connectivity index (χ0) is 16.9. The zero-order valence-electron chi connectivity index (χ0n) is 14.0. The second-order valence-corrected chi connectivity index (χ2v) is 6.03. The largest absolute Gasteiger partial charge is 0.376 e. The highest BCUT2D eigenvalue weighted by molar-refractivity contribution is 6.03. The normalized spacial score (nSPS) is 16.8. The van der Waals surface area contributed by atoms with Gasteiger partial charge in [0.25, 0.3) is 5.91 Å². The van der Waals surface area contributed by atoms with Crippen LogP contribution in [-0.2, 0) is 4.74 Å². The summed E-state index contributed by atoms with van der Waals surface area (Å²) in [5.74, 6) is 0.194. The number of nitrogens with zero attached hydrogens (tertiary/aromatic N) is 2. The number of aromatic nitrogens is 2. The third-order valence-electron chi connectivity index (χ3n) is 4.16. The number of nitrogens with one attached hydrogen (secondary N) is 2. The smallest absolute Gasteiger partial charge is 0.274 e. The Morgan fingerprint density at radius 3 is 2.92 bits per heavy atom. The van der Waals surface area contributed by atoms with Gasteiger partial charge in [0, 0.05) is 25.0 Å². The Kier molecular flexibility index (Phi) is 5.05. The molecule has 126 valence electrons. The van der Waals surface area contributed by atoms with Crippen molar-refractivity contribution < 1.29 is 9.53 Å². The Hall–Kier alpha value is -2.47. The number of carbonyl (C=O) groups excluding carboxylic acids is 1. The highest BCUT2D eigenvalue weighted by Gasteiger charge is 2.16. The minimum Gasteiger partial charge on any atom is -0.376 e. The standard InChI is InChI=1S/C18H22N4O2/c1-12-5-6-14(10-13(12)2)21-17(23)16-7-8-19-18(22-16)20-11-15-4-3-9-24-15/h5-8,10,15H,3-4,9,11H2,1-2H3,(H,21,23)(H,19,20,22). The van der Waals surface area contributed by atoms with Crippen molar-refractivity contribution in [3.63, 3.8) is 0 Å². The summed E-state index contributed by atoms with van der Waals surface area (Å²) in [6, 6.07) is 7.43. The molecule has 0 aliphatic carbocycles. The van der Waals surface area contributed by atoms with Gasteiger partial charge in [-0.2, -0.15) is 0 Å². The molecule has 1 aliphatic heterocycles. The molecule has 6 heteroatoms. The molecular weight excluding hydrogens is 304 g/mol. The van der Waals surface area contributed by atoms with E-state index in [-0.39, 0.29) is 12.0 Å². The molecule has 1 amide bonds. The summed E-state index contributed by atoms with van der Waals surface area (Å²) in [6.45, 7) is 5.52. The lowest BCUT2D eigenvalue weighted by Gasteiger charge is -2.11. The predicted octanol–water partition coefficient (Wildman–Crippen LogP) is 2.94. The van der Waals surface area contributed by atoms with Gasteiger partial charge in [0.1, 0.15) is 5.69 Å². The zero-order valence-corrected chi connectivity index (χ0v) is 14.0. The van der Waals surface area contributed by atoms with Gasteiger partial charge in [-0.25, -0.2) is 9.97 Å². The Morgan fingerprint density at radius 2 is 2.17 bits per heavy atom. The van der Waals surface area contributed by atoms with Gasteiger partial charge in [-0.1, -0.05) is 6.07 Å². The summed E-state index contributed by atoms with van der Waals surface area (Å²) in [6.07, 6.45) is 3.91. The van der Waals surface area contributed by atoms with Crippen LogP contribution in [0.3, 0.4) is 0 Å². The van der Waals surface area contributed by atoms with Crippen molar-refractivity contribution >= 4 is 17.5 Å². The third kappa shape index (κ3) is 4.08. The quantitative estimate of drug-likeness (QED) is 0.883. The van der Waals surface area contributed by atoms with Crippen molar-refractivity contribution in [2.24, 2.45) is 0 Å². The molecule has 24 heavy (non-hydrogen) atoms. The van der Waals surface area contributed by atoms with Crippen LogP contribution in [0.15, 0.2) is 30.5 Å². The summed E-state index contributed by atoms with van der Waals surface area (Å²) in [5, 5.41) is 6.00. The maximum Gasteiger partial charge on any atom is 0.274 e. The molecule has 0 saturated carbocycles. The van der Waals surface area contributed by atoms with Gasteiger partial charge in [0.15, 0.2) is 0 Å². The Morgan fingerprint density at radius 1 is 1.29 bits per heavy atom. The fourth-order valence-corrected chi connectivity index (χ4v) is 2.60. The summed E-state index contributed by atoms with van der Waals surface area (Å²) in [7, 11) is 0. The number of hydrogen-bond acceptors (Lipinski definition) is 5. The van der Waals surface area contributed by atoms with E-state index in [0.717, 1.165) is 30.7 Å². The molecule has 2 aromatic rings. The molecule has 1 fully saturated rings. The first kappa shape index (κ1) is 16.4. The second-order valence-electron chi connectivity index (χ2n) is 6.03. The summed E-state index contributed by atoms with van der Waals surface area (Å²) in [4.78, 5) is 20.8. The van der Waals surface area contributed by atoms with Crippen molar-refractivity contribution in [1.82, 2.24) is 9.97 Å². The van der Waals surface area contributed by atoms with Crippen LogP contribution >= 0.6 is 0 Å². The lowest BCUT2D eigenvalue weighted by atomic mass is 10.1. The summed E-state index contributed by atoms with van der Waals surface area (Å²) >= 11 is 0. The van der Waals surface area contributed by atoms with Crippen molar-refractivity contribution in [3.8, 4) is 0 Å². The van der Waals surface area contributed by atoms with Crippen LogP contribution in [0, 0.1) is 13.8 Å². The molecule has 2 N–H and O–H groups in total. The van der Waals surface area contributed by atoms with Crippen LogP contribution in [0.2, 0.25) is 0 Å². The van der Waals surface area contributed by atoms with Gasteiger partial charge < -0.3 is 15.4 Å². The predicted molar refractivity (Wildman–Crippen MR) is 93.4 cm³/mol. The maximum atomic E-state index is 12.4. The first-order chi connectivity index (χ1) is 11.6. The van der Waals surface area contributed by atoms with E-state index in [0.29, 0.717) is 18.2 Å². The number of carbonyl (C=O) groups is 1. The first-order valence-corrected chi connectivity index (χ1v) is 8.19. The van der Waals surface area contributed by atoms with E-state index in [9.17, 15) is 4.79 Å².